The first-order valence-electron chi connectivity index (χ1n) is 7.65. The number of rotatable bonds is 4. The maximum absolute atomic E-state index is 12.6. The number of hydrogen-bond donors (Lipinski definition) is 0. The molecule has 2 aromatic carbocycles. The summed E-state index contributed by atoms with van der Waals surface area (Å²) < 4.78 is 7.30. The third-order valence-corrected chi connectivity index (χ3v) is 4.94. The van der Waals surface area contributed by atoms with Gasteiger partial charge in [0.2, 0.25) is 5.91 Å². The normalized spacial score (nSPS) is 13.2. The monoisotopic (exact) mass is 466 g/mol. The average molecular weight is 468 g/mol. The molecule has 0 aliphatic carbocycles. The molecule has 25 heavy (non-hydrogen) atoms. The minimum atomic E-state index is -0.222. The fourth-order valence-corrected chi connectivity index (χ4v) is 3.16. The lowest BCUT2D eigenvalue weighted by molar-refractivity contribution is -0.131. The first-order chi connectivity index (χ1) is 11.9. The van der Waals surface area contributed by atoms with Crippen LogP contribution in [0.15, 0.2) is 51.4 Å². The maximum atomic E-state index is 12.6. The van der Waals surface area contributed by atoms with Crippen LogP contribution in [0.2, 0.25) is 0 Å². The summed E-state index contributed by atoms with van der Waals surface area (Å²) in [5.41, 5.74) is 1.64. The number of anilines is 1. The van der Waals surface area contributed by atoms with Crippen LogP contribution in [0.25, 0.3) is 0 Å². The highest BCUT2D eigenvalue weighted by Gasteiger charge is 2.28. The van der Waals surface area contributed by atoms with Crippen LogP contribution < -0.4 is 9.64 Å². The molecule has 0 radical (unpaired) electrons. The fourth-order valence-electron chi connectivity index (χ4n) is 2.56. The summed E-state index contributed by atoms with van der Waals surface area (Å²) in [5, 5.41) is 0. The molecule has 0 spiro atoms. The molecule has 0 fully saturated rings. The SMILES string of the molecule is CN(Cc1ccc(Br)cc1)C(=O)CN1C(=O)COc2cc(Br)ccc21. The van der Waals surface area contributed by atoms with Gasteiger partial charge in [0.05, 0.1) is 5.69 Å². The highest BCUT2D eigenvalue weighted by Crippen LogP contribution is 2.34. The molecule has 1 aliphatic heterocycles. The number of carbonyl (C=O) groups is 2. The lowest BCUT2D eigenvalue weighted by Crippen LogP contribution is -2.45. The second kappa shape index (κ2) is 7.58. The molecule has 0 saturated heterocycles. The highest BCUT2D eigenvalue weighted by atomic mass is 79.9. The number of halogens is 2. The van der Waals surface area contributed by atoms with Crippen LogP contribution >= 0.6 is 31.9 Å². The topological polar surface area (TPSA) is 49.9 Å². The standard InChI is InChI=1S/C18H16Br2N2O3/c1-21(9-12-2-4-13(19)5-3-12)17(23)10-22-15-7-6-14(20)8-16(15)25-11-18(22)24/h2-8H,9-11H2,1H3. The van der Waals surface area contributed by atoms with Crippen molar-refractivity contribution in [2.45, 2.75) is 6.54 Å². The Morgan fingerprint density at radius 2 is 1.84 bits per heavy atom. The Balaban J connectivity index is 1.71. The number of amides is 2. The minimum Gasteiger partial charge on any atom is -0.482 e. The Labute approximate surface area is 162 Å². The number of hydrogen-bond acceptors (Lipinski definition) is 3. The molecule has 0 saturated carbocycles. The number of nitrogens with zero attached hydrogens (tertiary/aromatic N) is 2. The van der Waals surface area contributed by atoms with Gasteiger partial charge in [0.25, 0.3) is 5.91 Å². The Morgan fingerprint density at radius 3 is 2.56 bits per heavy atom. The number of ether oxygens (including phenoxy) is 1. The van der Waals surface area contributed by atoms with E-state index in [1.165, 1.54) is 4.90 Å². The van der Waals surface area contributed by atoms with Crippen molar-refractivity contribution < 1.29 is 14.3 Å². The van der Waals surface area contributed by atoms with Crippen LogP contribution in [-0.2, 0) is 16.1 Å². The van der Waals surface area contributed by atoms with Crippen molar-refractivity contribution in [3.63, 3.8) is 0 Å². The minimum absolute atomic E-state index is 0.0101. The number of fused-ring (bicyclic) bond motifs is 1. The molecule has 1 heterocycles. The Kier molecular flexibility index (Phi) is 5.44. The molecule has 1 aliphatic rings. The molecule has 3 rings (SSSR count). The molecule has 0 N–H and O–H groups in total. The number of benzene rings is 2. The van der Waals surface area contributed by atoms with E-state index in [4.69, 9.17) is 4.74 Å². The molecule has 130 valence electrons. The van der Waals surface area contributed by atoms with Crippen molar-refractivity contribution in [2.24, 2.45) is 0 Å². The van der Waals surface area contributed by atoms with Crippen LogP contribution in [0, 0.1) is 0 Å². The van der Waals surface area contributed by atoms with Crippen molar-refractivity contribution in [3.05, 3.63) is 57.0 Å². The summed E-state index contributed by atoms with van der Waals surface area (Å²) in [7, 11) is 1.73. The van der Waals surface area contributed by atoms with Crippen LogP contribution in [0.3, 0.4) is 0 Å². The van der Waals surface area contributed by atoms with Gasteiger partial charge in [0.15, 0.2) is 6.61 Å². The third kappa shape index (κ3) is 4.22. The molecule has 0 bridgehead atoms. The zero-order valence-corrected chi connectivity index (χ0v) is 16.7. The molecule has 2 amide bonds. The predicted octanol–water partition coefficient (Wildman–Crippen LogP) is 3.60. The quantitative estimate of drug-likeness (QED) is 0.690. The number of likely N-dealkylation sites (N-methyl/N-ethyl adjacent to an activating group) is 1. The summed E-state index contributed by atoms with van der Waals surface area (Å²) in [6.45, 7) is 0.412. The van der Waals surface area contributed by atoms with E-state index in [-0.39, 0.29) is 25.0 Å². The van der Waals surface area contributed by atoms with Gasteiger partial charge in [-0.3, -0.25) is 14.5 Å². The molecule has 0 unspecified atom stereocenters. The van der Waals surface area contributed by atoms with E-state index in [1.54, 1.807) is 24.1 Å². The smallest absolute Gasteiger partial charge is 0.265 e. The van der Waals surface area contributed by atoms with Gasteiger partial charge in [-0.25, -0.2) is 0 Å². The van der Waals surface area contributed by atoms with Crippen molar-refractivity contribution in [1.82, 2.24) is 4.90 Å². The van der Waals surface area contributed by atoms with Crippen molar-refractivity contribution in [3.8, 4) is 5.75 Å². The molecule has 7 heteroatoms. The van der Waals surface area contributed by atoms with Gasteiger partial charge in [-0.05, 0) is 35.9 Å². The van der Waals surface area contributed by atoms with Crippen LogP contribution in [0.4, 0.5) is 5.69 Å². The van der Waals surface area contributed by atoms with E-state index in [1.807, 2.05) is 30.3 Å². The summed E-state index contributed by atoms with van der Waals surface area (Å²) in [6, 6.07) is 13.2. The van der Waals surface area contributed by atoms with E-state index in [0.29, 0.717) is 18.0 Å². The van der Waals surface area contributed by atoms with Crippen LogP contribution in [-0.4, -0.2) is 36.9 Å². The Morgan fingerprint density at radius 1 is 1.16 bits per heavy atom. The lowest BCUT2D eigenvalue weighted by atomic mass is 10.2. The number of carbonyl (C=O) groups excluding carboxylic acids is 2. The molecule has 0 atom stereocenters. The van der Waals surface area contributed by atoms with Gasteiger partial charge in [-0.15, -0.1) is 0 Å². The second-order valence-corrected chi connectivity index (χ2v) is 7.59. The van der Waals surface area contributed by atoms with Gasteiger partial charge in [-0.1, -0.05) is 44.0 Å². The van der Waals surface area contributed by atoms with Crippen LogP contribution in [0.1, 0.15) is 5.56 Å². The summed E-state index contributed by atoms with van der Waals surface area (Å²) >= 11 is 6.77. The Bertz CT molecular complexity index is 808. The van der Waals surface area contributed by atoms with Gasteiger partial charge in [-0.2, -0.15) is 0 Å². The maximum Gasteiger partial charge on any atom is 0.265 e. The van der Waals surface area contributed by atoms with E-state index in [9.17, 15) is 9.59 Å². The molecular formula is C18H16Br2N2O3. The Hall–Kier alpha value is -1.86. The fraction of sp³-hybridized carbons (Fsp3) is 0.222. The predicted molar refractivity (Wildman–Crippen MR) is 103 cm³/mol. The average Bonchev–Trinajstić information content (AvgIpc) is 2.59. The molecule has 2 aromatic rings. The van der Waals surface area contributed by atoms with Crippen molar-refractivity contribution in [1.29, 1.82) is 0 Å². The van der Waals surface area contributed by atoms with Gasteiger partial charge < -0.3 is 9.64 Å². The first-order valence-corrected chi connectivity index (χ1v) is 9.24. The summed E-state index contributed by atoms with van der Waals surface area (Å²) in [4.78, 5) is 27.9. The van der Waals surface area contributed by atoms with Gasteiger partial charge in [0, 0.05) is 22.5 Å². The zero-order chi connectivity index (χ0) is 18.0. The first kappa shape index (κ1) is 17.9. The summed E-state index contributed by atoms with van der Waals surface area (Å²) in [6.07, 6.45) is 0. The second-order valence-electron chi connectivity index (χ2n) is 5.76. The molecule has 0 aromatic heterocycles. The van der Waals surface area contributed by atoms with E-state index >= 15 is 0 Å². The summed E-state index contributed by atoms with van der Waals surface area (Å²) in [5.74, 6) is 0.240. The third-order valence-electron chi connectivity index (χ3n) is 3.92. The van der Waals surface area contributed by atoms with E-state index < -0.39 is 0 Å². The van der Waals surface area contributed by atoms with Gasteiger partial charge >= 0.3 is 0 Å². The van der Waals surface area contributed by atoms with E-state index in [2.05, 4.69) is 31.9 Å². The van der Waals surface area contributed by atoms with Crippen LogP contribution in [0.5, 0.6) is 5.75 Å². The van der Waals surface area contributed by atoms with Crippen molar-refractivity contribution in [2.75, 3.05) is 25.1 Å². The van der Waals surface area contributed by atoms with Gasteiger partial charge in [0.1, 0.15) is 12.3 Å². The molecule has 5 nitrogen and oxygen atoms in total. The molecular weight excluding hydrogens is 452 g/mol. The zero-order valence-electron chi connectivity index (χ0n) is 13.5. The van der Waals surface area contributed by atoms with E-state index in [0.717, 1.165) is 14.5 Å². The van der Waals surface area contributed by atoms with Crippen molar-refractivity contribution >= 4 is 49.4 Å². The lowest BCUT2D eigenvalue weighted by Gasteiger charge is -2.30. The highest BCUT2D eigenvalue weighted by molar-refractivity contribution is 9.10. The largest absolute Gasteiger partial charge is 0.482 e.